The third kappa shape index (κ3) is 36.2. The summed E-state index contributed by atoms with van der Waals surface area (Å²) in [5.41, 5.74) is 0. The molecule has 0 amide bonds. The highest BCUT2D eigenvalue weighted by atomic mass is 15.2. The molecule has 0 aliphatic carbocycles. The first-order chi connectivity index (χ1) is 24.9. The fourth-order valence-electron chi connectivity index (χ4n) is 7.98. The smallest absolute Gasteiger partial charge is 0.0107 e. The zero-order valence-corrected chi connectivity index (χ0v) is 35.0. The van der Waals surface area contributed by atoms with E-state index in [1.807, 2.05) is 0 Å². The molecule has 0 aromatic rings. The summed E-state index contributed by atoms with van der Waals surface area (Å²) in [4.78, 5) is 5.54. The van der Waals surface area contributed by atoms with Crippen LogP contribution >= 0.6 is 0 Å². The highest BCUT2D eigenvalue weighted by Crippen LogP contribution is 2.15. The second kappa shape index (κ2) is 41.6. The average Bonchev–Trinajstić information content (AvgIpc) is 3.12. The number of unbranched alkanes of at least 4 members (excludes halogenated alkanes) is 26. The first-order valence-corrected chi connectivity index (χ1v) is 23.7. The van der Waals surface area contributed by atoms with Crippen LogP contribution in [0.25, 0.3) is 0 Å². The highest BCUT2D eigenvalue weighted by Gasteiger charge is 2.08. The normalized spacial score (nSPS) is 17.2. The minimum Gasteiger partial charge on any atom is -0.315 e. The van der Waals surface area contributed by atoms with Gasteiger partial charge in [0.05, 0.1) is 0 Å². The number of nitrogens with zero attached hydrogens (tertiary/aromatic N) is 2. The summed E-state index contributed by atoms with van der Waals surface area (Å²) in [6.07, 6.45) is 49.0. The lowest BCUT2D eigenvalue weighted by Gasteiger charge is -2.25. The van der Waals surface area contributed by atoms with E-state index in [0.29, 0.717) is 0 Å². The van der Waals surface area contributed by atoms with Gasteiger partial charge < -0.3 is 20.4 Å². The SMILES string of the molecule is CCCCCCCCCCCCCCCCN1CCCCCCCCNCCN(CCCCCCCCCCCCCCCC)CCNCC1. The van der Waals surface area contributed by atoms with E-state index < -0.39 is 0 Å². The van der Waals surface area contributed by atoms with Crippen LogP contribution in [0.4, 0.5) is 0 Å². The standard InChI is InChI=1S/C46H96N4/c1-3-5-7-9-11-13-15-17-19-21-23-26-30-34-41-49-42-35-32-28-25-29-33-37-47-38-45-50(46-40-48-39-44-49)43-36-31-27-24-22-20-18-16-14-12-10-8-6-4-2/h47-48H,3-46H2,1-2H3. The molecule has 0 spiro atoms. The lowest BCUT2D eigenvalue weighted by atomic mass is 10.0. The van der Waals surface area contributed by atoms with Crippen molar-refractivity contribution >= 4 is 0 Å². The van der Waals surface area contributed by atoms with Gasteiger partial charge in [0.15, 0.2) is 0 Å². The Kier molecular flexibility index (Phi) is 39.8. The maximum Gasteiger partial charge on any atom is 0.0107 e. The Morgan fingerprint density at radius 3 is 0.940 bits per heavy atom. The van der Waals surface area contributed by atoms with Gasteiger partial charge in [-0.1, -0.05) is 206 Å². The summed E-state index contributed by atoms with van der Waals surface area (Å²) in [7, 11) is 0. The van der Waals surface area contributed by atoms with Crippen LogP contribution in [0.2, 0.25) is 0 Å². The molecule has 1 saturated heterocycles. The fourth-order valence-corrected chi connectivity index (χ4v) is 7.98. The molecule has 4 heteroatoms. The predicted octanol–water partition coefficient (Wildman–Crippen LogP) is 13.1. The molecule has 4 nitrogen and oxygen atoms in total. The van der Waals surface area contributed by atoms with Gasteiger partial charge in [-0.3, -0.25) is 0 Å². The van der Waals surface area contributed by atoms with E-state index in [-0.39, 0.29) is 0 Å². The van der Waals surface area contributed by atoms with Gasteiger partial charge in [0, 0.05) is 39.3 Å². The maximum atomic E-state index is 3.85. The van der Waals surface area contributed by atoms with Gasteiger partial charge in [0.2, 0.25) is 0 Å². The van der Waals surface area contributed by atoms with Crippen molar-refractivity contribution in [2.75, 3.05) is 65.4 Å². The number of rotatable bonds is 30. The molecule has 0 saturated carbocycles. The minimum absolute atomic E-state index is 1.14. The van der Waals surface area contributed by atoms with Gasteiger partial charge in [-0.2, -0.15) is 0 Å². The molecule has 1 heterocycles. The summed E-state index contributed by atoms with van der Waals surface area (Å²) < 4.78 is 0. The van der Waals surface area contributed by atoms with E-state index in [2.05, 4.69) is 34.3 Å². The Hall–Kier alpha value is -0.160. The molecular weight excluding hydrogens is 609 g/mol. The third-order valence-electron chi connectivity index (χ3n) is 11.5. The average molecular weight is 705 g/mol. The van der Waals surface area contributed by atoms with E-state index in [9.17, 15) is 0 Å². The molecule has 0 radical (unpaired) electrons. The molecule has 2 N–H and O–H groups in total. The monoisotopic (exact) mass is 705 g/mol. The second-order valence-electron chi connectivity index (χ2n) is 16.5. The van der Waals surface area contributed by atoms with Crippen molar-refractivity contribution in [1.29, 1.82) is 0 Å². The number of hydrogen-bond donors (Lipinski definition) is 2. The largest absolute Gasteiger partial charge is 0.315 e. The van der Waals surface area contributed by atoms with Gasteiger partial charge in [0.25, 0.3) is 0 Å². The van der Waals surface area contributed by atoms with Crippen LogP contribution < -0.4 is 10.6 Å². The van der Waals surface area contributed by atoms with E-state index in [1.54, 1.807) is 0 Å². The Bertz CT molecular complexity index is 563. The third-order valence-corrected chi connectivity index (χ3v) is 11.5. The lowest BCUT2D eigenvalue weighted by molar-refractivity contribution is 0.246. The Balaban J connectivity index is 2.17. The van der Waals surface area contributed by atoms with Gasteiger partial charge >= 0.3 is 0 Å². The van der Waals surface area contributed by atoms with E-state index in [4.69, 9.17) is 0 Å². The molecule has 0 unspecified atom stereocenters. The summed E-state index contributed by atoms with van der Waals surface area (Å²) in [5.74, 6) is 0. The van der Waals surface area contributed by atoms with Crippen LogP contribution in [-0.2, 0) is 0 Å². The van der Waals surface area contributed by atoms with Crippen molar-refractivity contribution in [3.8, 4) is 0 Å². The lowest BCUT2D eigenvalue weighted by Crippen LogP contribution is -2.40. The van der Waals surface area contributed by atoms with Crippen LogP contribution in [0.5, 0.6) is 0 Å². The summed E-state index contributed by atoms with van der Waals surface area (Å²) in [5, 5.41) is 7.61. The van der Waals surface area contributed by atoms with Gasteiger partial charge in [-0.15, -0.1) is 0 Å². The van der Waals surface area contributed by atoms with Crippen molar-refractivity contribution in [3.05, 3.63) is 0 Å². The van der Waals surface area contributed by atoms with Crippen molar-refractivity contribution in [3.63, 3.8) is 0 Å². The van der Waals surface area contributed by atoms with E-state index in [0.717, 1.165) is 19.6 Å². The second-order valence-corrected chi connectivity index (χ2v) is 16.5. The summed E-state index contributed by atoms with van der Waals surface area (Å²) in [6.45, 7) is 16.9. The Morgan fingerprint density at radius 2 is 0.560 bits per heavy atom. The molecule has 1 rings (SSSR count). The molecule has 1 aliphatic rings. The molecule has 0 aromatic heterocycles. The van der Waals surface area contributed by atoms with Crippen LogP contribution in [0, 0.1) is 0 Å². The fraction of sp³-hybridized carbons (Fsp3) is 1.00. The predicted molar refractivity (Wildman–Crippen MR) is 227 cm³/mol. The van der Waals surface area contributed by atoms with Crippen molar-refractivity contribution in [2.24, 2.45) is 0 Å². The molecule has 0 aromatic carbocycles. The quantitative estimate of drug-likeness (QED) is 0.0729. The number of hydrogen-bond acceptors (Lipinski definition) is 4. The highest BCUT2D eigenvalue weighted by molar-refractivity contribution is 4.66. The molecule has 0 bridgehead atoms. The first-order valence-electron chi connectivity index (χ1n) is 23.7. The molecule has 1 fully saturated rings. The molecule has 1 aliphatic heterocycles. The van der Waals surface area contributed by atoms with Crippen molar-refractivity contribution in [2.45, 2.75) is 232 Å². The van der Waals surface area contributed by atoms with Gasteiger partial charge in [0.1, 0.15) is 0 Å². The van der Waals surface area contributed by atoms with Crippen LogP contribution in [-0.4, -0.2) is 75.2 Å². The molecule has 0 atom stereocenters. The minimum atomic E-state index is 1.14. The summed E-state index contributed by atoms with van der Waals surface area (Å²) in [6, 6.07) is 0. The van der Waals surface area contributed by atoms with Crippen LogP contribution in [0.1, 0.15) is 232 Å². The first kappa shape index (κ1) is 47.9. The Morgan fingerprint density at radius 1 is 0.280 bits per heavy atom. The van der Waals surface area contributed by atoms with Crippen LogP contribution in [0.3, 0.4) is 0 Å². The van der Waals surface area contributed by atoms with Gasteiger partial charge in [-0.05, 0) is 51.9 Å². The molecular formula is C46H96N4. The summed E-state index contributed by atoms with van der Waals surface area (Å²) >= 11 is 0. The molecule has 50 heavy (non-hydrogen) atoms. The van der Waals surface area contributed by atoms with Gasteiger partial charge in [-0.25, -0.2) is 0 Å². The molecule has 300 valence electrons. The number of nitrogens with one attached hydrogen (secondary N) is 2. The maximum absolute atomic E-state index is 3.85. The van der Waals surface area contributed by atoms with E-state index in [1.165, 1.54) is 264 Å². The van der Waals surface area contributed by atoms with E-state index >= 15 is 0 Å². The topological polar surface area (TPSA) is 30.5 Å². The zero-order valence-electron chi connectivity index (χ0n) is 35.0. The Labute approximate surface area is 317 Å². The zero-order chi connectivity index (χ0) is 35.7. The van der Waals surface area contributed by atoms with Crippen molar-refractivity contribution < 1.29 is 0 Å². The van der Waals surface area contributed by atoms with Crippen LogP contribution in [0.15, 0.2) is 0 Å². The van der Waals surface area contributed by atoms with Crippen molar-refractivity contribution in [1.82, 2.24) is 20.4 Å².